The molecule has 0 fully saturated rings. The summed E-state index contributed by atoms with van der Waals surface area (Å²) in [6.07, 6.45) is 0. The molecule has 1 spiro atoms. The van der Waals surface area contributed by atoms with Crippen LogP contribution < -0.4 is 0 Å². The molecule has 0 amide bonds. The van der Waals surface area contributed by atoms with Gasteiger partial charge < -0.3 is 0 Å². The molecule has 0 aromatic heterocycles. The van der Waals surface area contributed by atoms with E-state index in [0.29, 0.717) is 0 Å². The summed E-state index contributed by atoms with van der Waals surface area (Å²) in [5.41, 5.74) is 17.7. The normalized spacial score (nSPS) is 13.2. The van der Waals surface area contributed by atoms with E-state index in [9.17, 15) is 0 Å². The minimum absolute atomic E-state index is 0.538. The van der Waals surface area contributed by atoms with Crippen LogP contribution in [0.1, 0.15) is 22.3 Å². The molecule has 0 N–H and O–H groups in total. The third-order valence-electron chi connectivity index (χ3n) is 15.4. The number of hydrogen-bond acceptors (Lipinski definition) is 0. The lowest BCUT2D eigenvalue weighted by Crippen LogP contribution is -2.26. The maximum Gasteiger partial charge on any atom is 0.0737 e. The molecular formula is C67H40. The largest absolute Gasteiger partial charge is 0.0737 e. The second-order valence-corrected chi connectivity index (χ2v) is 18.6. The molecule has 0 aliphatic heterocycles. The van der Waals surface area contributed by atoms with Gasteiger partial charge in [0.25, 0.3) is 0 Å². The molecule has 0 nitrogen and oxygen atoms in total. The van der Waals surface area contributed by atoms with Gasteiger partial charge in [-0.05, 0) is 161 Å². The monoisotopic (exact) mass is 844 g/mol. The Morgan fingerprint density at radius 2 is 0.657 bits per heavy atom. The van der Waals surface area contributed by atoms with E-state index in [1.807, 2.05) is 0 Å². The van der Waals surface area contributed by atoms with Crippen LogP contribution in [0, 0.1) is 0 Å². The zero-order valence-electron chi connectivity index (χ0n) is 36.6. The van der Waals surface area contributed by atoms with Gasteiger partial charge in [-0.25, -0.2) is 0 Å². The fourth-order valence-electron chi connectivity index (χ4n) is 12.8. The Hall–Kier alpha value is -8.58. The van der Waals surface area contributed by atoms with E-state index in [1.165, 1.54) is 143 Å². The molecule has 0 saturated carbocycles. The molecular weight excluding hydrogens is 805 g/mol. The number of benzene rings is 13. The lowest BCUT2D eigenvalue weighted by atomic mass is 9.68. The summed E-state index contributed by atoms with van der Waals surface area (Å²) in [6.45, 7) is 0. The fraction of sp³-hybridized carbons (Fsp3) is 0.0149. The topological polar surface area (TPSA) is 0 Å². The van der Waals surface area contributed by atoms with E-state index >= 15 is 0 Å². The molecule has 15 rings (SSSR count). The van der Waals surface area contributed by atoms with Gasteiger partial charge in [0, 0.05) is 0 Å². The number of rotatable bonds is 3. The van der Waals surface area contributed by atoms with Gasteiger partial charge in [-0.2, -0.15) is 0 Å². The van der Waals surface area contributed by atoms with Crippen LogP contribution in [0.15, 0.2) is 243 Å². The summed E-state index contributed by atoms with van der Waals surface area (Å²) in [7, 11) is 0. The molecule has 0 atom stereocenters. The van der Waals surface area contributed by atoms with Crippen molar-refractivity contribution >= 4 is 64.6 Å². The maximum absolute atomic E-state index is 2.60. The van der Waals surface area contributed by atoms with E-state index in [1.54, 1.807) is 0 Å². The van der Waals surface area contributed by atoms with Crippen molar-refractivity contribution in [1.29, 1.82) is 0 Å². The Kier molecular flexibility index (Phi) is 7.52. The predicted octanol–water partition coefficient (Wildman–Crippen LogP) is 18.0. The molecule has 0 heterocycles. The van der Waals surface area contributed by atoms with Gasteiger partial charge in [0.2, 0.25) is 0 Å². The molecule has 2 aliphatic carbocycles. The van der Waals surface area contributed by atoms with Crippen molar-refractivity contribution in [3.63, 3.8) is 0 Å². The lowest BCUT2D eigenvalue weighted by molar-refractivity contribution is 0.809. The van der Waals surface area contributed by atoms with Crippen molar-refractivity contribution in [1.82, 2.24) is 0 Å². The molecule has 0 bridgehead atoms. The van der Waals surface area contributed by atoms with Gasteiger partial charge in [-0.3, -0.25) is 0 Å². The van der Waals surface area contributed by atoms with Crippen LogP contribution in [-0.4, -0.2) is 0 Å². The Labute approximate surface area is 388 Å². The SMILES string of the molecule is c1cc(-c2ccc3ccccc3c2)cc(-c2c3ccccc3c(-c3cc4c(c5ccccc35)C3(c5ccccc5-c5ccccc53)c3c-4c4ccccc4c4ccccc34)c3ccccc23)c1. The molecule has 67 heavy (non-hydrogen) atoms. The summed E-state index contributed by atoms with van der Waals surface area (Å²) in [6, 6.07) is 91.6. The zero-order valence-corrected chi connectivity index (χ0v) is 36.6. The standard InChI is InChI=1S/C67H40/c1-2-19-42-38-44(37-36-41(42)18-1)43-20-17-21-45(39-43)62-52-28-7-9-30-54(52)63(55-31-10-8-29-53(55)62)58-40-59-64-51-27-6-3-22-46(51)47-23-4-12-33-57(47)66(64)67(65(59)56-32-11-5-24-48(56)58)60-34-15-13-25-49(60)50-26-14-16-35-61(50)67/h1-40H. The Morgan fingerprint density at radius 3 is 1.30 bits per heavy atom. The van der Waals surface area contributed by atoms with E-state index in [4.69, 9.17) is 0 Å². The highest BCUT2D eigenvalue weighted by Crippen LogP contribution is 2.67. The van der Waals surface area contributed by atoms with Crippen LogP contribution in [-0.2, 0) is 5.41 Å². The van der Waals surface area contributed by atoms with Gasteiger partial charge >= 0.3 is 0 Å². The Morgan fingerprint density at radius 1 is 0.209 bits per heavy atom. The predicted molar refractivity (Wildman–Crippen MR) is 284 cm³/mol. The summed E-state index contributed by atoms with van der Waals surface area (Å²) < 4.78 is 0. The van der Waals surface area contributed by atoms with Crippen molar-refractivity contribution in [3.05, 3.63) is 265 Å². The van der Waals surface area contributed by atoms with Crippen LogP contribution in [0.2, 0.25) is 0 Å². The molecule has 0 saturated heterocycles. The number of hydrogen-bond donors (Lipinski definition) is 0. The van der Waals surface area contributed by atoms with Gasteiger partial charge in [0.15, 0.2) is 0 Å². The third-order valence-corrected chi connectivity index (χ3v) is 15.4. The number of fused-ring (bicyclic) bond motifs is 20. The van der Waals surface area contributed by atoms with Crippen molar-refractivity contribution in [3.8, 4) is 55.6 Å². The van der Waals surface area contributed by atoms with E-state index < -0.39 is 5.41 Å². The van der Waals surface area contributed by atoms with Crippen LogP contribution >= 0.6 is 0 Å². The molecule has 308 valence electrons. The lowest BCUT2D eigenvalue weighted by Gasteiger charge is -2.33. The average molecular weight is 845 g/mol. The molecule has 0 radical (unpaired) electrons. The average Bonchev–Trinajstić information content (AvgIpc) is 3.88. The molecule has 13 aromatic rings. The summed E-state index contributed by atoms with van der Waals surface area (Å²) in [4.78, 5) is 0. The first-order valence-corrected chi connectivity index (χ1v) is 23.5. The molecule has 13 aromatic carbocycles. The van der Waals surface area contributed by atoms with Crippen LogP contribution in [0.5, 0.6) is 0 Å². The van der Waals surface area contributed by atoms with Crippen molar-refractivity contribution in [2.24, 2.45) is 0 Å². The molecule has 0 heteroatoms. The summed E-state index contributed by atoms with van der Waals surface area (Å²) in [5, 5.41) is 15.3. The highest BCUT2D eigenvalue weighted by Gasteiger charge is 2.54. The van der Waals surface area contributed by atoms with E-state index in [2.05, 4.69) is 243 Å². The van der Waals surface area contributed by atoms with Crippen molar-refractivity contribution < 1.29 is 0 Å². The Balaban J connectivity index is 1.08. The van der Waals surface area contributed by atoms with Crippen LogP contribution in [0.25, 0.3) is 120 Å². The smallest absolute Gasteiger partial charge is 0.0619 e. The van der Waals surface area contributed by atoms with E-state index in [-0.39, 0.29) is 0 Å². The highest BCUT2D eigenvalue weighted by atomic mass is 14.5. The molecule has 0 unspecified atom stereocenters. The Bertz CT molecular complexity index is 4180. The van der Waals surface area contributed by atoms with E-state index in [0.717, 1.165) is 0 Å². The second-order valence-electron chi connectivity index (χ2n) is 18.6. The minimum atomic E-state index is -0.538. The third kappa shape index (κ3) is 4.86. The second kappa shape index (κ2) is 13.7. The van der Waals surface area contributed by atoms with Gasteiger partial charge in [0.05, 0.1) is 5.41 Å². The molecule has 2 aliphatic rings. The maximum atomic E-state index is 2.60. The summed E-state index contributed by atoms with van der Waals surface area (Å²) >= 11 is 0. The first-order valence-electron chi connectivity index (χ1n) is 23.5. The van der Waals surface area contributed by atoms with Crippen molar-refractivity contribution in [2.45, 2.75) is 5.41 Å². The highest BCUT2D eigenvalue weighted by molar-refractivity contribution is 6.27. The van der Waals surface area contributed by atoms with Gasteiger partial charge in [0.1, 0.15) is 0 Å². The van der Waals surface area contributed by atoms with Crippen molar-refractivity contribution in [2.75, 3.05) is 0 Å². The van der Waals surface area contributed by atoms with Gasteiger partial charge in [-0.15, -0.1) is 0 Å². The first kappa shape index (κ1) is 36.7. The fourth-order valence-corrected chi connectivity index (χ4v) is 12.8. The van der Waals surface area contributed by atoms with Gasteiger partial charge in [-0.1, -0.05) is 224 Å². The minimum Gasteiger partial charge on any atom is -0.0619 e. The van der Waals surface area contributed by atoms with Crippen LogP contribution in [0.3, 0.4) is 0 Å². The zero-order chi connectivity index (χ0) is 43.8. The van der Waals surface area contributed by atoms with Crippen LogP contribution in [0.4, 0.5) is 0 Å². The quantitative estimate of drug-likeness (QED) is 0.123. The summed E-state index contributed by atoms with van der Waals surface area (Å²) in [5.74, 6) is 0. The first-order chi connectivity index (χ1) is 33.3.